The molecule has 3 aliphatic heterocycles. The highest BCUT2D eigenvalue weighted by Crippen LogP contribution is 2.45. The molecule has 3 aliphatic rings. The number of ether oxygens (including phenoxy) is 1. The van der Waals surface area contributed by atoms with Gasteiger partial charge in [0.15, 0.2) is 5.69 Å². The van der Waals surface area contributed by atoms with E-state index in [0.717, 1.165) is 82.6 Å². The number of hydrogen-bond acceptors (Lipinski definition) is 6. The molecule has 0 saturated carbocycles. The highest BCUT2D eigenvalue weighted by atomic mass is 16.5. The molecule has 0 radical (unpaired) electrons. The summed E-state index contributed by atoms with van der Waals surface area (Å²) in [4.78, 5) is 20.3. The lowest BCUT2D eigenvalue weighted by molar-refractivity contribution is -0.00454. The van der Waals surface area contributed by atoms with Gasteiger partial charge >= 0.3 is 0 Å². The summed E-state index contributed by atoms with van der Waals surface area (Å²) in [5, 5.41) is 4.23. The summed E-state index contributed by atoms with van der Waals surface area (Å²) in [5.41, 5.74) is 1.67. The normalized spacial score (nSPS) is 25.5. The standard InChI is InChI=1S/C23H38N4O3/c1-17-5-9-26(10-6-17)15-20-18(2)30-24-21(20)22(28)27-14-19(13-25(3)4)23(16-27)7-11-29-12-8-23/h17,19H,5-16H2,1-4H3. The molecule has 30 heavy (non-hydrogen) atoms. The highest BCUT2D eigenvalue weighted by Gasteiger charge is 2.49. The second-order valence-electron chi connectivity index (χ2n) is 10.1. The summed E-state index contributed by atoms with van der Waals surface area (Å²) in [6, 6.07) is 0. The van der Waals surface area contributed by atoms with Crippen molar-refractivity contribution in [2.75, 3.05) is 60.0 Å². The Morgan fingerprint density at radius 3 is 2.60 bits per heavy atom. The predicted octanol–water partition coefficient (Wildman–Crippen LogP) is 2.65. The third-order valence-corrected chi connectivity index (χ3v) is 7.62. The van der Waals surface area contributed by atoms with E-state index in [9.17, 15) is 4.79 Å². The van der Waals surface area contributed by atoms with E-state index in [1.165, 1.54) is 12.8 Å². The summed E-state index contributed by atoms with van der Waals surface area (Å²) in [7, 11) is 4.24. The van der Waals surface area contributed by atoms with Crippen molar-refractivity contribution < 1.29 is 14.1 Å². The second kappa shape index (κ2) is 8.97. The third-order valence-electron chi connectivity index (χ3n) is 7.62. The number of amides is 1. The number of piperidine rings is 1. The van der Waals surface area contributed by atoms with Gasteiger partial charge in [-0.3, -0.25) is 9.69 Å². The van der Waals surface area contributed by atoms with E-state index < -0.39 is 0 Å². The van der Waals surface area contributed by atoms with E-state index in [-0.39, 0.29) is 11.3 Å². The van der Waals surface area contributed by atoms with Crippen LogP contribution < -0.4 is 0 Å². The van der Waals surface area contributed by atoms with Crippen LogP contribution in [-0.4, -0.2) is 85.8 Å². The maximum atomic E-state index is 13.6. The van der Waals surface area contributed by atoms with Crippen LogP contribution in [0.4, 0.5) is 0 Å². The molecule has 4 heterocycles. The van der Waals surface area contributed by atoms with E-state index in [1.807, 2.05) is 11.8 Å². The van der Waals surface area contributed by atoms with Crippen molar-refractivity contribution in [1.82, 2.24) is 19.9 Å². The van der Waals surface area contributed by atoms with Crippen molar-refractivity contribution >= 4 is 5.91 Å². The van der Waals surface area contributed by atoms with Crippen molar-refractivity contribution in [1.29, 1.82) is 0 Å². The van der Waals surface area contributed by atoms with Gasteiger partial charge in [-0.25, -0.2) is 0 Å². The molecule has 0 bridgehead atoms. The van der Waals surface area contributed by atoms with E-state index in [1.54, 1.807) is 0 Å². The molecule has 1 spiro atoms. The average Bonchev–Trinajstić information content (AvgIpc) is 3.24. The van der Waals surface area contributed by atoms with Gasteiger partial charge in [-0.1, -0.05) is 12.1 Å². The molecular formula is C23H38N4O3. The fourth-order valence-corrected chi connectivity index (χ4v) is 5.56. The first kappa shape index (κ1) is 21.8. The molecule has 0 aliphatic carbocycles. The van der Waals surface area contributed by atoms with Crippen LogP contribution >= 0.6 is 0 Å². The zero-order chi connectivity index (χ0) is 21.3. The van der Waals surface area contributed by atoms with Crippen molar-refractivity contribution in [3.63, 3.8) is 0 Å². The minimum atomic E-state index is 0.0411. The first-order valence-electron chi connectivity index (χ1n) is 11.6. The number of likely N-dealkylation sites (tertiary alicyclic amines) is 2. The molecule has 3 saturated heterocycles. The highest BCUT2D eigenvalue weighted by molar-refractivity contribution is 5.94. The Morgan fingerprint density at radius 1 is 1.23 bits per heavy atom. The van der Waals surface area contributed by atoms with Crippen LogP contribution in [0.15, 0.2) is 4.52 Å². The lowest BCUT2D eigenvalue weighted by atomic mass is 9.72. The van der Waals surface area contributed by atoms with Gasteiger partial charge in [0, 0.05) is 45.0 Å². The molecule has 1 aromatic heterocycles. The quantitative estimate of drug-likeness (QED) is 0.733. The Labute approximate surface area is 180 Å². The lowest BCUT2D eigenvalue weighted by Crippen LogP contribution is -2.41. The molecule has 1 atom stereocenters. The third kappa shape index (κ3) is 4.43. The topological polar surface area (TPSA) is 62.1 Å². The smallest absolute Gasteiger partial charge is 0.276 e. The molecule has 7 nitrogen and oxygen atoms in total. The molecule has 1 aromatic rings. The molecule has 0 N–H and O–H groups in total. The van der Waals surface area contributed by atoms with Gasteiger partial charge in [-0.05, 0) is 77.0 Å². The van der Waals surface area contributed by atoms with Gasteiger partial charge < -0.3 is 19.1 Å². The van der Waals surface area contributed by atoms with Gasteiger partial charge in [-0.2, -0.15) is 0 Å². The minimum absolute atomic E-state index is 0.0411. The molecule has 1 amide bonds. The number of hydrogen-bond donors (Lipinski definition) is 0. The van der Waals surface area contributed by atoms with Gasteiger partial charge in [-0.15, -0.1) is 0 Å². The van der Waals surface area contributed by atoms with Crippen LogP contribution in [0, 0.1) is 24.2 Å². The van der Waals surface area contributed by atoms with Gasteiger partial charge in [0.2, 0.25) is 0 Å². The monoisotopic (exact) mass is 418 g/mol. The van der Waals surface area contributed by atoms with Crippen LogP contribution in [0.3, 0.4) is 0 Å². The zero-order valence-corrected chi connectivity index (χ0v) is 19.2. The van der Waals surface area contributed by atoms with Gasteiger partial charge in [0.25, 0.3) is 5.91 Å². The Bertz CT molecular complexity index is 733. The van der Waals surface area contributed by atoms with Crippen LogP contribution in [0.25, 0.3) is 0 Å². The van der Waals surface area contributed by atoms with Crippen molar-refractivity contribution in [3.05, 3.63) is 17.0 Å². The molecule has 4 rings (SSSR count). The van der Waals surface area contributed by atoms with Crippen LogP contribution in [-0.2, 0) is 11.3 Å². The Hall–Kier alpha value is -1.44. The summed E-state index contributed by atoms with van der Waals surface area (Å²) in [5.74, 6) is 2.08. The molecule has 7 heteroatoms. The fraction of sp³-hybridized carbons (Fsp3) is 0.826. The van der Waals surface area contributed by atoms with E-state index in [2.05, 4.69) is 36.0 Å². The lowest BCUT2D eigenvalue weighted by Gasteiger charge is -2.38. The Kier molecular flexibility index (Phi) is 6.51. The van der Waals surface area contributed by atoms with Crippen LogP contribution in [0.2, 0.25) is 0 Å². The SMILES string of the molecule is Cc1onc(C(=O)N2CC(CN(C)C)C3(CCOCC3)C2)c1CN1CCC(C)CC1. The summed E-state index contributed by atoms with van der Waals surface area (Å²) in [6.45, 7) is 11.4. The number of aryl methyl sites for hydroxylation is 1. The number of carbonyl (C=O) groups is 1. The maximum absolute atomic E-state index is 13.6. The van der Waals surface area contributed by atoms with Crippen molar-refractivity contribution in [3.8, 4) is 0 Å². The number of carbonyl (C=O) groups excluding carboxylic acids is 1. The van der Waals surface area contributed by atoms with Crippen LogP contribution in [0.1, 0.15) is 54.4 Å². The molecule has 3 fully saturated rings. The van der Waals surface area contributed by atoms with E-state index in [0.29, 0.717) is 11.6 Å². The summed E-state index contributed by atoms with van der Waals surface area (Å²) >= 11 is 0. The predicted molar refractivity (Wildman–Crippen MR) is 115 cm³/mol. The fourth-order valence-electron chi connectivity index (χ4n) is 5.56. The Morgan fingerprint density at radius 2 is 1.93 bits per heavy atom. The molecule has 1 unspecified atom stereocenters. The number of rotatable bonds is 5. The number of nitrogens with zero attached hydrogens (tertiary/aromatic N) is 4. The number of aromatic nitrogens is 1. The first-order valence-corrected chi connectivity index (χ1v) is 11.6. The molecule has 0 aromatic carbocycles. The van der Waals surface area contributed by atoms with Crippen molar-refractivity contribution in [2.24, 2.45) is 17.3 Å². The maximum Gasteiger partial charge on any atom is 0.276 e. The molecular weight excluding hydrogens is 380 g/mol. The first-order chi connectivity index (χ1) is 14.4. The van der Waals surface area contributed by atoms with Crippen molar-refractivity contribution in [2.45, 2.75) is 46.1 Å². The summed E-state index contributed by atoms with van der Waals surface area (Å²) in [6.07, 6.45) is 4.50. The zero-order valence-electron chi connectivity index (χ0n) is 19.2. The average molecular weight is 419 g/mol. The summed E-state index contributed by atoms with van der Waals surface area (Å²) < 4.78 is 11.2. The largest absolute Gasteiger partial charge is 0.381 e. The second-order valence-corrected chi connectivity index (χ2v) is 10.1. The van der Waals surface area contributed by atoms with Gasteiger partial charge in [0.05, 0.1) is 0 Å². The van der Waals surface area contributed by atoms with E-state index in [4.69, 9.17) is 9.26 Å². The van der Waals surface area contributed by atoms with E-state index >= 15 is 0 Å². The Balaban J connectivity index is 1.50. The van der Waals surface area contributed by atoms with Crippen LogP contribution in [0.5, 0.6) is 0 Å². The minimum Gasteiger partial charge on any atom is -0.381 e. The molecule has 168 valence electrons. The van der Waals surface area contributed by atoms with Gasteiger partial charge in [0.1, 0.15) is 5.76 Å².